The third-order valence-corrected chi connectivity index (χ3v) is 8.35. The highest BCUT2D eigenvalue weighted by Gasteiger charge is 2.33. The molecule has 1 aliphatic rings. The van der Waals surface area contributed by atoms with Crippen LogP contribution in [0.3, 0.4) is 0 Å². The molecule has 1 aliphatic heterocycles. The number of benzene rings is 3. The summed E-state index contributed by atoms with van der Waals surface area (Å²) < 4.78 is 25.8. The largest absolute Gasteiger partial charge is 0.494 e. The average molecular weight is 664 g/mol. The van der Waals surface area contributed by atoms with Crippen LogP contribution in [-0.4, -0.2) is 30.9 Å². The van der Waals surface area contributed by atoms with Crippen molar-refractivity contribution in [3.8, 4) is 17.2 Å². The molecule has 0 saturated heterocycles. The summed E-state index contributed by atoms with van der Waals surface area (Å²) in [6, 6.07) is 20.1. The molecule has 0 aliphatic carbocycles. The maximum Gasteiger partial charge on any atom is 0.338 e. The van der Waals surface area contributed by atoms with Crippen LogP contribution in [0.25, 0.3) is 6.08 Å². The minimum Gasteiger partial charge on any atom is -0.494 e. The van der Waals surface area contributed by atoms with Crippen molar-refractivity contribution in [2.45, 2.75) is 33.4 Å². The molecule has 0 saturated carbocycles. The number of allylic oxidation sites excluding steroid dienone is 1. The molecule has 1 aromatic heterocycles. The van der Waals surface area contributed by atoms with Gasteiger partial charge in [-0.15, -0.1) is 0 Å². The van der Waals surface area contributed by atoms with Gasteiger partial charge in [0, 0.05) is 10.0 Å². The van der Waals surface area contributed by atoms with Crippen LogP contribution in [-0.2, 0) is 16.1 Å². The summed E-state index contributed by atoms with van der Waals surface area (Å²) in [5, 5.41) is 0. The summed E-state index contributed by atoms with van der Waals surface area (Å²) >= 11 is 4.71. The quantitative estimate of drug-likeness (QED) is 0.207. The number of hydrogen-bond donors (Lipinski definition) is 0. The Hall–Kier alpha value is -4.15. The maximum atomic E-state index is 14.1. The minimum atomic E-state index is -0.716. The van der Waals surface area contributed by atoms with E-state index in [2.05, 4.69) is 20.9 Å². The van der Waals surface area contributed by atoms with Gasteiger partial charge < -0.3 is 18.9 Å². The van der Waals surface area contributed by atoms with Crippen molar-refractivity contribution in [3.63, 3.8) is 0 Å². The molecule has 10 heteroatoms. The van der Waals surface area contributed by atoms with E-state index >= 15 is 0 Å². The zero-order chi connectivity index (χ0) is 30.5. The van der Waals surface area contributed by atoms with E-state index in [-0.39, 0.29) is 12.2 Å². The third-order valence-electron chi connectivity index (χ3n) is 6.84. The van der Waals surface area contributed by atoms with E-state index in [1.54, 1.807) is 31.6 Å². The molecule has 0 bridgehead atoms. The highest BCUT2D eigenvalue weighted by Crippen LogP contribution is 2.34. The summed E-state index contributed by atoms with van der Waals surface area (Å²) in [4.78, 5) is 32.4. The lowest BCUT2D eigenvalue weighted by atomic mass is 9.96. The standard InChI is InChI=1S/C33H31BrN2O6S/c1-5-40-25-16-12-22(13-17-25)29-28(32(38)41-6-2)20(3)35-33-36(29)31(37)27(43-33)18-23-8-7-9-26(39-4)30(23)42-19-21-10-14-24(34)15-11-21/h7-18,29H,5-6,19H2,1-4H3/b27-18-/t29-/m1/s1. The number of hydrogen-bond acceptors (Lipinski definition) is 8. The fraction of sp³-hybridized carbons (Fsp3) is 0.242. The van der Waals surface area contributed by atoms with Gasteiger partial charge in [-0.1, -0.05) is 63.7 Å². The zero-order valence-electron chi connectivity index (χ0n) is 24.3. The molecule has 0 spiro atoms. The number of para-hydroxylation sites is 1. The van der Waals surface area contributed by atoms with E-state index in [4.69, 9.17) is 18.9 Å². The number of carbonyl (C=O) groups excluding carboxylic acids is 1. The molecule has 3 aromatic carbocycles. The van der Waals surface area contributed by atoms with Gasteiger partial charge in [-0.25, -0.2) is 9.79 Å². The van der Waals surface area contributed by atoms with Crippen LogP contribution in [0.15, 0.2) is 92.3 Å². The predicted molar refractivity (Wildman–Crippen MR) is 169 cm³/mol. The lowest BCUT2D eigenvalue weighted by Crippen LogP contribution is -2.39. The highest BCUT2D eigenvalue weighted by molar-refractivity contribution is 9.10. The summed E-state index contributed by atoms with van der Waals surface area (Å²) in [5.74, 6) is 1.26. The fourth-order valence-electron chi connectivity index (χ4n) is 4.86. The van der Waals surface area contributed by atoms with Gasteiger partial charge in [-0.3, -0.25) is 9.36 Å². The normalized spacial score (nSPS) is 14.6. The Morgan fingerprint density at radius 1 is 1.02 bits per heavy atom. The molecule has 0 unspecified atom stereocenters. The molecule has 4 aromatic rings. The number of thiazole rings is 1. The molecular formula is C33H31BrN2O6S. The van der Waals surface area contributed by atoms with Crippen LogP contribution in [0.4, 0.5) is 0 Å². The summed E-state index contributed by atoms with van der Waals surface area (Å²) in [5.41, 5.74) is 2.96. The van der Waals surface area contributed by atoms with Gasteiger partial charge in [0.2, 0.25) is 0 Å². The minimum absolute atomic E-state index is 0.203. The van der Waals surface area contributed by atoms with E-state index < -0.39 is 12.0 Å². The molecule has 0 N–H and O–H groups in total. The number of nitrogens with zero attached hydrogens (tertiary/aromatic N) is 2. The monoisotopic (exact) mass is 662 g/mol. The van der Waals surface area contributed by atoms with Crippen LogP contribution < -0.4 is 29.1 Å². The Balaban J connectivity index is 1.62. The average Bonchev–Trinajstić information content (AvgIpc) is 3.31. The molecular weight excluding hydrogens is 632 g/mol. The molecule has 43 heavy (non-hydrogen) atoms. The number of methoxy groups -OCH3 is 1. The van der Waals surface area contributed by atoms with Crippen LogP contribution in [0, 0.1) is 0 Å². The highest BCUT2D eigenvalue weighted by atomic mass is 79.9. The number of fused-ring (bicyclic) bond motifs is 1. The lowest BCUT2D eigenvalue weighted by Gasteiger charge is -2.24. The van der Waals surface area contributed by atoms with E-state index in [0.29, 0.717) is 56.6 Å². The van der Waals surface area contributed by atoms with Crippen LogP contribution in [0.5, 0.6) is 17.2 Å². The van der Waals surface area contributed by atoms with Crippen molar-refractivity contribution in [2.24, 2.45) is 4.99 Å². The number of aromatic nitrogens is 1. The Bertz CT molecular complexity index is 1840. The van der Waals surface area contributed by atoms with Crippen LogP contribution in [0.2, 0.25) is 0 Å². The number of carbonyl (C=O) groups is 1. The topological polar surface area (TPSA) is 88.4 Å². The Morgan fingerprint density at radius 3 is 2.44 bits per heavy atom. The second-order valence-corrected chi connectivity index (χ2v) is 11.5. The van der Waals surface area contributed by atoms with Gasteiger partial charge in [0.15, 0.2) is 16.3 Å². The number of ether oxygens (including phenoxy) is 4. The maximum absolute atomic E-state index is 14.1. The summed E-state index contributed by atoms with van der Waals surface area (Å²) in [7, 11) is 1.58. The van der Waals surface area contributed by atoms with E-state index in [9.17, 15) is 9.59 Å². The molecule has 1 atom stereocenters. The Morgan fingerprint density at radius 2 is 1.77 bits per heavy atom. The van der Waals surface area contributed by atoms with Crippen molar-refractivity contribution in [3.05, 3.63) is 119 Å². The van der Waals surface area contributed by atoms with Gasteiger partial charge in [-0.05, 0) is 68.3 Å². The van der Waals surface area contributed by atoms with Crippen LogP contribution in [0.1, 0.15) is 43.5 Å². The van der Waals surface area contributed by atoms with Crippen molar-refractivity contribution in [1.82, 2.24) is 4.57 Å². The molecule has 0 fully saturated rings. The predicted octanol–water partition coefficient (Wildman–Crippen LogP) is 5.55. The first-order valence-corrected chi connectivity index (χ1v) is 15.4. The third kappa shape index (κ3) is 6.45. The van der Waals surface area contributed by atoms with Gasteiger partial charge >= 0.3 is 5.97 Å². The van der Waals surface area contributed by atoms with Crippen molar-refractivity contribution >= 4 is 39.3 Å². The lowest BCUT2D eigenvalue weighted by molar-refractivity contribution is -0.139. The Kier molecular flexibility index (Phi) is 9.47. The van der Waals surface area contributed by atoms with Crippen molar-refractivity contribution in [2.75, 3.05) is 20.3 Å². The van der Waals surface area contributed by atoms with Gasteiger partial charge in [0.1, 0.15) is 12.4 Å². The SMILES string of the molecule is CCOC(=O)C1=C(C)N=c2s/c(=C\c3cccc(OC)c3OCc3ccc(Br)cc3)c(=O)n2[C@@H]1c1ccc(OCC)cc1. The summed E-state index contributed by atoms with van der Waals surface area (Å²) in [6.07, 6.45) is 1.78. The van der Waals surface area contributed by atoms with E-state index in [0.717, 1.165) is 15.6 Å². The van der Waals surface area contributed by atoms with E-state index in [1.165, 1.54) is 11.3 Å². The number of esters is 1. The van der Waals surface area contributed by atoms with Gasteiger partial charge in [-0.2, -0.15) is 0 Å². The Labute approximate surface area is 261 Å². The molecule has 5 rings (SSSR count). The zero-order valence-corrected chi connectivity index (χ0v) is 26.7. The van der Waals surface area contributed by atoms with Crippen LogP contribution >= 0.6 is 27.3 Å². The smallest absolute Gasteiger partial charge is 0.338 e. The first-order chi connectivity index (χ1) is 20.8. The number of halogens is 1. The fourth-order valence-corrected chi connectivity index (χ4v) is 6.16. The molecule has 222 valence electrons. The molecule has 2 heterocycles. The molecule has 0 radical (unpaired) electrons. The summed E-state index contributed by atoms with van der Waals surface area (Å²) in [6.45, 7) is 6.47. The van der Waals surface area contributed by atoms with E-state index in [1.807, 2.05) is 73.7 Å². The van der Waals surface area contributed by atoms with Gasteiger partial charge in [0.05, 0.1) is 42.2 Å². The van der Waals surface area contributed by atoms with Crippen molar-refractivity contribution in [1.29, 1.82) is 0 Å². The second kappa shape index (κ2) is 13.4. The molecule has 8 nitrogen and oxygen atoms in total. The first-order valence-electron chi connectivity index (χ1n) is 13.8. The van der Waals surface area contributed by atoms with Crippen molar-refractivity contribution < 1.29 is 23.7 Å². The second-order valence-electron chi connectivity index (χ2n) is 9.60. The number of rotatable bonds is 10. The first kappa shape index (κ1) is 30.3. The van der Waals surface area contributed by atoms with Gasteiger partial charge in [0.25, 0.3) is 5.56 Å². The molecule has 0 amide bonds.